The number of sulfonamides is 1. The van der Waals surface area contributed by atoms with Crippen molar-refractivity contribution in [3.63, 3.8) is 0 Å². The van der Waals surface area contributed by atoms with E-state index < -0.39 is 16.1 Å². The molecule has 0 aliphatic heterocycles. The number of para-hydroxylation sites is 1. The van der Waals surface area contributed by atoms with Crippen molar-refractivity contribution in [1.29, 1.82) is 0 Å². The second kappa shape index (κ2) is 9.07. The fourth-order valence-corrected chi connectivity index (χ4v) is 5.90. The molecule has 166 valence electrons. The van der Waals surface area contributed by atoms with Crippen LogP contribution in [0.15, 0.2) is 76.4 Å². The van der Waals surface area contributed by atoms with E-state index in [0.29, 0.717) is 27.5 Å². The third-order valence-electron chi connectivity index (χ3n) is 5.14. The molecular weight excluding hydrogens is 468 g/mol. The topological polar surface area (TPSA) is 77.4 Å². The van der Waals surface area contributed by atoms with Crippen LogP contribution >= 0.6 is 22.9 Å². The lowest BCUT2D eigenvalue weighted by molar-refractivity contribution is 0.405. The molecule has 0 fully saturated rings. The average molecular weight is 489 g/mol. The van der Waals surface area contributed by atoms with Crippen LogP contribution in [-0.4, -0.2) is 20.1 Å². The molecule has 0 aliphatic carbocycles. The molecule has 1 N–H and O–H groups in total. The van der Waals surface area contributed by atoms with E-state index in [1.54, 1.807) is 42.9 Å². The first-order chi connectivity index (χ1) is 15.3. The Bertz CT molecular complexity index is 1430. The predicted molar refractivity (Wildman–Crippen MR) is 128 cm³/mol. The van der Waals surface area contributed by atoms with Crippen molar-refractivity contribution in [2.75, 3.05) is 7.11 Å². The van der Waals surface area contributed by atoms with Gasteiger partial charge in [0.15, 0.2) is 0 Å². The predicted octanol–water partition coefficient (Wildman–Crippen LogP) is 4.81. The molecule has 0 saturated carbocycles. The van der Waals surface area contributed by atoms with Gasteiger partial charge in [0.1, 0.15) is 5.75 Å². The van der Waals surface area contributed by atoms with E-state index in [-0.39, 0.29) is 9.77 Å². The third-order valence-corrected chi connectivity index (χ3v) is 7.87. The molecule has 1 heterocycles. The molecule has 0 saturated heterocycles. The molecule has 0 bridgehead atoms. The number of rotatable bonds is 7. The van der Waals surface area contributed by atoms with Gasteiger partial charge in [0.2, 0.25) is 10.0 Å². The Morgan fingerprint density at radius 1 is 1.09 bits per heavy atom. The van der Waals surface area contributed by atoms with Crippen LogP contribution in [0.25, 0.3) is 10.2 Å². The molecule has 4 aromatic rings. The van der Waals surface area contributed by atoms with E-state index in [1.807, 2.05) is 30.3 Å². The second-order valence-electron chi connectivity index (χ2n) is 7.30. The van der Waals surface area contributed by atoms with Gasteiger partial charge in [-0.3, -0.25) is 9.36 Å². The Morgan fingerprint density at radius 2 is 1.81 bits per heavy atom. The van der Waals surface area contributed by atoms with Gasteiger partial charge in [0, 0.05) is 16.6 Å². The fraction of sp³-hybridized carbons (Fsp3) is 0.174. The summed E-state index contributed by atoms with van der Waals surface area (Å²) in [6, 6.07) is 18.8. The smallest absolute Gasteiger partial charge is 0.308 e. The zero-order chi connectivity index (χ0) is 22.9. The van der Waals surface area contributed by atoms with Crippen LogP contribution < -0.4 is 14.3 Å². The molecule has 32 heavy (non-hydrogen) atoms. The van der Waals surface area contributed by atoms with Crippen molar-refractivity contribution in [2.45, 2.75) is 24.4 Å². The molecule has 6 nitrogen and oxygen atoms in total. The van der Waals surface area contributed by atoms with Crippen molar-refractivity contribution in [3.05, 3.63) is 92.5 Å². The summed E-state index contributed by atoms with van der Waals surface area (Å²) in [5, 5.41) is 0.626. The van der Waals surface area contributed by atoms with E-state index >= 15 is 0 Å². The maximum Gasteiger partial charge on any atom is 0.308 e. The SMILES string of the molecule is COc1ccccc1C(C)NS(=O)(=O)c1ccc2c(c1)sc(=O)n2Cc1ccc(Cl)cc1. The number of methoxy groups -OCH3 is 1. The highest BCUT2D eigenvalue weighted by molar-refractivity contribution is 7.89. The van der Waals surface area contributed by atoms with E-state index in [0.717, 1.165) is 22.5 Å². The number of benzene rings is 3. The summed E-state index contributed by atoms with van der Waals surface area (Å²) in [4.78, 5) is 12.5. The van der Waals surface area contributed by atoms with Crippen LogP contribution in [0.2, 0.25) is 5.02 Å². The van der Waals surface area contributed by atoms with Crippen molar-refractivity contribution in [2.24, 2.45) is 0 Å². The highest BCUT2D eigenvalue weighted by atomic mass is 35.5. The molecular formula is C23H21ClN2O4S2. The number of fused-ring (bicyclic) bond motifs is 1. The highest BCUT2D eigenvalue weighted by Crippen LogP contribution is 2.27. The molecule has 0 spiro atoms. The van der Waals surface area contributed by atoms with Crippen LogP contribution in [0.4, 0.5) is 0 Å². The maximum absolute atomic E-state index is 13.0. The number of aromatic nitrogens is 1. The summed E-state index contributed by atoms with van der Waals surface area (Å²) in [6.07, 6.45) is 0. The Labute approximate surface area is 195 Å². The average Bonchev–Trinajstić information content (AvgIpc) is 3.09. The minimum absolute atomic E-state index is 0.103. The summed E-state index contributed by atoms with van der Waals surface area (Å²) in [6.45, 7) is 2.14. The summed E-state index contributed by atoms with van der Waals surface area (Å²) >= 11 is 6.96. The number of hydrogen-bond donors (Lipinski definition) is 1. The van der Waals surface area contributed by atoms with Crippen LogP contribution in [0.3, 0.4) is 0 Å². The summed E-state index contributed by atoms with van der Waals surface area (Å²) in [7, 11) is -2.27. The van der Waals surface area contributed by atoms with E-state index in [2.05, 4.69) is 4.72 Å². The van der Waals surface area contributed by atoms with Crippen LogP contribution in [-0.2, 0) is 16.6 Å². The first-order valence-corrected chi connectivity index (χ1v) is 12.5. The van der Waals surface area contributed by atoms with Gasteiger partial charge in [-0.25, -0.2) is 13.1 Å². The largest absolute Gasteiger partial charge is 0.496 e. The van der Waals surface area contributed by atoms with E-state index in [9.17, 15) is 13.2 Å². The maximum atomic E-state index is 13.0. The molecule has 3 aromatic carbocycles. The number of hydrogen-bond acceptors (Lipinski definition) is 5. The normalized spacial score (nSPS) is 12.7. The molecule has 0 aliphatic rings. The lowest BCUT2D eigenvalue weighted by Gasteiger charge is -2.17. The lowest BCUT2D eigenvalue weighted by Crippen LogP contribution is -2.27. The number of thiazole rings is 1. The van der Waals surface area contributed by atoms with Crippen LogP contribution in [0, 0.1) is 0 Å². The standard InChI is InChI=1S/C23H21ClN2O4S2/c1-15(19-5-3-4-6-21(19)30-2)25-32(28,29)18-11-12-20-22(13-18)31-23(27)26(20)14-16-7-9-17(24)10-8-16/h3-13,15,25H,14H2,1-2H3. The first kappa shape index (κ1) is 22.5. The Balaban J connectivity index is 1.63. The number of nitrogens with zero attached hydrogens (tertiary/aromatic N) is 1. The van der Waals surface area contributed by atoms with Gasteiger partial charge < -0.3 is 4.74 Å². The van der Waals surface area contributed by atoms with Gasteiger partial charge in [-0.05, 0) is 48.9 Å². The number of nitrogens with one attached hydrogen (secondary N) is 1. The van der Waals surface area contributed by atoms with E-state index in [1.165, 1.54) is 12.1 Å². The lowest BCUT2D eigenvalue weighted by atomic mass is 10.1. The minimum Gasteiger partial charge on any atom is -0.496 e. The molecule has 4 rings (SSSR count). The Hall–Kier alpha value is -2.65. The molecule has 9 heteroatoms. The minimum atomic E-state index is -3.82. The summed E-state index contributed by atoms with van der Waals surface area (Å²) in [5.74, 6) is 0.607. The summed E-state index contributed by atoms with van der Waals surface area (Å²) < 4.78 is 36.3. The van der Waals surface area contributed by atoms with Crippen LogP contribution in [0.5, 0.6) is 5.75 Å². The van der Waals surface area contributed by atoms with Gasteiger partial charge in [0.25, 0.3) is 0 Å². The van der Waals surface area contributed by atoms with Crippen molar-refractivity contribution in [3.8, 4) is 5.75 Å². The molecule has 1 unspecified atom stereocenters. The van der Waals surface area contributed by atoms with Crippen molar-refractivity contribution >= 4 is 43.2 Å². The fourth-order valence-electron chi connectivity index (χ4n) is 3.52. The zero-order valence-electron chi connectivity index (χ0n) is 17.4. The molecule has 1 aromatic heterocycles. The van der Waals surface area contributed by atoms with Gasteiger partial charge >= 0.3 is 4.87 Å². The first-order valence-electron chi connectivity index (χ1n) is 9.81. The Morgan fingerprint density at radius 3 is 2.53 bits per heavy atom. The van der Waals surface area contributed by atoms with Crippen molar-refractivity contribution < 1.29 is 13.2 Å². The highest BCUT2D eigenvalue weighted by Gasteiger charge is 2.21. The summed E-state index contributed by atoms with van der Waals surface area (Å²) in [5.41, 5.74) is 2.35. The molecule has 0 amide bonds. The molecule has 0 radical (unpaired) electrons. The Kier molecular flexibility index (Phi) is 6.39. The second-order valence-corrected chi connectivity index (χ2v) is 10.4. The van der Waals surface area contributed by atoms with Gasteiger partial charge in [-0.2, -0.15) is 0 Å². The van der Waals surface area contributed by atoms with Gasteiger partial charge in [-0.1, -0.05) is 53.3 Å². The third kappa shape index (κ3) is 4.59. The van der Waals surface area contributed by atoms with Gasteiger partial charge in [-0.15, -0.1) is 0 Å². The van der Waals surface area contributed by atoms with Crippen molar-refractivity contribution in [1.82, 2.24) is 9.29 Å². The molecule has 1 atom stereocenters. The van der Waals surface area contributed by atoms with E-state index in [4.69, 9.17) is 16.3 Å². The number of halogens is 1. The van der Waals surface area contributed by atoms with Gasteiger partial charge in [0.05, 0.1) is 28.8 Å². The monoisotopic (exact) mass is 488 g/mol. The zero-order valence-corrected chi connectivity index (χ0v) is 19.8. The van der Waals surface area contributed by atoms with Crippen LogP contribution in [0.1, 0.15) is 24.1 Å². The number of ether oxygens (including phenoxy) is 1. The quantitative estimate of drug-likeness (QED) is 0.405.